The predicted molar refractivity (Wildman–Crippen MR) is 82.0 cm³/mol. The standard InChI is InChI=1S/C14H13ClN2O3S/c1-9-6-13(11-4-2-3-5-12(11)16-9)17-8-10(7-14(17)18)21(15,19)20/h2-6,10H,7-8H2,1H3. The molecule has 21 heavy (non-hydrogen) atoms. The summed E-state index contributed by atoms with van der Waals surface area (Å²) in [5, 5.41) is -0.0389. The lowest BCUT2D eigenvalue weighted by Crippen LogP contribution is -2.27. The van der Waals surface area contributed by atoms with E-state index in [2.05, 4.69) is 4.98 Å². The van der Waals surface area contributed by atoms with Gasteiger partial charge in [-0.1, -0.05) is 18.2 Å². The molecule has 3 rings (SSSR count). The molecule has 1 amide bonds. The lowest BCUT2D eigenvalue weighted by atomic mass is 10.1. The summed E-state index contributed by atoms with van der Waals surface area (Å²) in [7, 11) is 1.64. The fraction of sp³-hybridized carbons (Fsp3) is 0.286. The molecule has 1 saturated heterocycles. The van der Waals surface area contributed by atoms with Crippen LogP contribution in [0.1, 0.15) is 12.1 Å². The number of para-hydroxylation sites is 1. The molecule has 1 aromatic carbocycles. The van der Waals surface area contributed by atoms with Crippen LogP contribution in [0.3, 0.4) is 0 Å². The van der Waals surface area contributed by atoms with Gasteiger partial charge in [0.05, 0.1) is 11.2 Å². The zero-order chi connectivity index (χ0) is 15.2. The molecule has 7 heteroatoms. The predicted octanol–water partition coefficient (Wildman–Crippen LogP) is 2.22. The van der Waals surface area contributed by atoms with Crippen LogP contribution < -0.4 is 4.90 Å². The van der Waals surface area contributed by atoms with Crippen molar-refractivity contribution in [3.8, 4) is 0 Å². The molecular formula is C14H13ClN2O3S. The number of rotatable bonds is 2. The van der Waals surface area contributed by atoms with Gasteiger partial charge in [-0.05, 0) is 19.1 Å². The number of carbonyl (C=O) groups excluding carboxylic acids is 1. The van der Waals surface area contributed by atoms with Crippen molar-refractivity contribution in [2.24, 2.45) is 0 Å². The van der Waals surface area contributed by atoms with Gasteiger partial charge in [0.1, 0.15) is 5.25 Å². The lowest BCUT2D eigenvalue weighted by Gasteiger charge is -2.19. The minimum Gasteiger partial charge on any atom is -0.310 e. The molecule has 2 aromatic rings. The van der Waals surface area contributed by atoms with Gasteiger partial charge in [0.15, 0.2) is 0 Å². The van der Waals surface area contributed by atoms with Crippen LogP contribution in [0.2, 0.25) is 0 Å². The summed E-state index contributed by atoms with van der Waals surface area (Å²) in [6.07, 6.45) is -0.0818. The van der Waals surface area contributed by atoms with Crippen LogP contribution in [-0.4, -0.2) is 31.1 Å². The van der Waals surface area contributed by atoms with Gasteiger partial charge < -0.3 is 4.90 Å². The van der Waals surface area contributed by atoms with Crippen LogP contribution in [-0.2, 0) is 13.8 Å². The van der Waals surface area contributed by atoms with Crippen molar-refractivity contribution in [1.29, 1.82) is 0 Å². The zero-order valence-electron chi connectivity index (χ0n) is 11.3. The summed E-state index contributed by atoms with van der Waals surface area (Å²) in [6.45, 7) is 1.92. The molecular weight excluding hydrogens is 312 g/mol. The normalized spacial score (nSPS) is 19.4. The molecule has 1 aromatic heterocycles. The van der Waals surface area contributed by atoms with Crippen molar-refractivity contribution in [1.82, 2.24) is 4.98 Å². The maximum Gasteiger partial charge on any atom is 0.237 e. The van der Waals surface area contributed by atoms with E-state index >= 15 is 0 Å². The highest BCUT2D eigenvalue weighted by Crippen LogP contribution is 2.32. The van der Waals surface area contributed by atoms with Gasteiger partial charge in [0.2, 0.25) is 15.0 Å². The molecule has 0 saturated carbocycles. The number of fused-ring (bicyclic) bond motifs is 1. The molecule has 0 aliphatic carbocycles. The molecule has 1 aliphatic rings. The summed E-state index contributed by atoms with van der Waals surface area (Å²) in [6, 6.07) is 9.26. The van der Waals surface area contributed by atoms with Crippen molar-refractivity contribution in [2.75, 3.05) is 11.4 Å². The molecule has 0 radical (unpaired) electrons. The number of hydrogen-bond donors (Lipinski definition) is 0. The topological polar surface area (TPSA) is 67.3 Å². The Labute approximate surface area is 127 Å². The van der Waals surface area contributed by atoms with Gasteiger partial charge in [-0.15, -0.1) is 0 Å². The third-order valence-corrected chi connectivity index (χ3v) is 5.47. The number of benzene rings is 1. The van der Waals surface area contributed by atoms with Gasteiger partial charge >= 0.3 is 0 Å². The van der Waals surface area contributed by atoms with E-state index in [-0.39, 0.29) is 18.9 Å². The first-order chi connectivity index (χ1) is 9.86. The largest absolute Gasteiger partial charge is 0.310 e. The second-order valence-corrected chi connectivity index (χ2v) is 8.01. The first-order valence-electron chi connectivity index (χ1n) is 6.46. The van der Waals surface area contributed by atoms with Gasteiger partial charge in [0, 0.05) is 34.7 Å². The second kappa shape index (κ2) is 4.96. The van der Waals surface area contributed by atoms with Crippen LogP contribution in [0.5, 0.6) is 0 Å². The van der Waals surface area contributed by atoms with Crippen molar-refractivity contribution >= 4 is 42.2 Å². The highest BCUT2D eigenvalue weighted by atomic mass is 35.7. The van der Waals surface area contributed by atoms with Crippen LogP contribution in [0, 0.1) is 6.92 Å². The third kappa shape index (κ3) is 2.61. The number of amides is 1. The van der Waals surface area contributed by atoms with Gasteiger partial charge in [-0.3, -0.25) is 9.78 Å². The SMILES string of the molecule is Cc1cc(N2CC(S(=O)(=O)Cl)CC2=O)c2ccccc2n1. The molecule has 1 atom stereocenters. The highest BCUT2D eigenvalue weighted by Gasteiger charge is 2.38. The number of aryl methyl sites for hydroxylation is 1. The first-order valence-corrected chi connectivity index (χ1v) is 8.84. The molecule has 0 N–H and O–H groups in total. The molecule has 2 heterocycles. The summed E-state index contributed by atoms with van der Waals surface area (Å²) in [5.41, 5.74) is 2.23. The second-order valence-electron chi connectivity index (χ2n) is 5.11. The Bertz CT molecular complexity index is 835. The molecule has 0 bridgehead atoms. The van der Waals surface area contributed by atoms with E-state index in [1.54, 1.807) is 6.07 Å². The van der Waals surface area contributed by atoms with Crippen molar-refractivity contribution in [3.63, 3.8) is 0 Å². The quantitative estimate of drug-likeness (QED) is 0.794. The van der Waals surface area contributed by atoms with E-state index in [4.69, 9.17) is 10.7 Å². The highest BCUT2D eigenvalue weighted by molar-refractivity contribution is 8.14. The third-order valence-electron chi connectivity index (χ3n) is 3.60. The Morgan fingerprint density at radius 3 is 2.71 bits per heavy atom. The molecule has 1 unspecified atom stereocenters. The Hall–Kier alpha value is -1.66. The molecule has 1 aliphatic heterocycles. The average Bonchev–Trinajstić information content (AvgIpc) is 2.79. The van der Waals surface area contributed by atoms with E-state index in [9.17, 15) is 13.2 Å². The van der Waals surface area contributed by atoms with Gasteiger partial charge in [-0.25, -0.2) is 8.42 Å². The number of anilines is 1. The summed E-state index contributed by atoms with van der Waals surface area (Å²) in [5.74, 6) is -0.236. The van der Waals surface area contributed by atoms with E-state index in [1.165, 1.54) is 4.90 Å². The maximum atomic E-state index is 12.2. The fourth-order valence-corrected chi connectivity index (χ4v) is 3.63. The van der Waals surface area contributed by atoms with Gasteiger partial charge in [0.25, 0.3) is 0 Å². The van der Waals surface area contributed by atoms with Crippen molar-refractivity contribution in [3.05, 3.63) is 36.0 Å². The van der Waals surface area contributed by atoms with Crippen LogP contribution in [0.4, 0.5) is 5.69 Å². The van der Waals surface area contributed by atoms with E-state index in [1.807, 2.05) is 31.2 Å². The Kier molecular flexibility index (Phi) is 3.37. The number of pyridine rings is 1. The lowest BCUT2D eigenvalue weighted by molar-refractivity contribution is -0.117. The van der Waals surface area contributed by atoms with Gasteiger partial charge in [-0.2, -0.15) is 0 Å². The fourth-order valence-electron chi connectivity index (χ4n) is 2.61. The monoisotopic (exact) mass is 324 g/mol. The van der Waals surface area contributed by atoms with Crippen LogP contribution in [0.25, 0.3) is 10.9 Å². The maximum absolute atomic E-state index is 12.2. The Balaban J connectivity index is 2.11. The number of hydrogen-bond acceptors (Lipinski definition) is 4. The zero-order valence-corrected chi connectivity index (χ0v) is 12.9. The number of aromatic nitrogens is 1. The average molecular weight is 325 g/mol. The first kappa shape index (κ1) is 14.3. The Morgan fingerprint density at radius 1 is 1.33 bits per heavy atom. The van der Waals surface area contributed by atoms with Crippen molar-refractivity contribution < 1.29 is 13.2 Å². The smallest absolute Gasteiger partial charge is 0.237 e. The van der Waals surface area contributed by atoms with E-state index < -0.39 is 14.3 Å². The summed E-state index contributed by atoms with van der Waals surface area (Å²) in [4.78, 5) is 18.1. The molecule has 110 valence electrons. The van der Waals surface area contributed by atoms with E-state index in [0.29, 0.717) is 5.69 Å². The number of nitrogens with zero attached hydrogens (tertiary/aromatic N) is 2. The minimum atomic E-state index is -3.75. The minimum absolute atomic E-state index is 0.0815. The Morgan fingerprint density at radius 2 is 2.05 bits per heavy atom. The number of halogens is 1. The molecule has 1 fully saturated rings. The van der Waals surface area contributed by atoms with Crippen molar-refractivity contribution in [2.45, 2.75) is 18.6 Å². The van der Waals surface area contributed by atoms with Crippen LogP contribution in [0.15, 0.2) is 30.3 Å². The van der Waals surface area contributed by atoms with Crippen LogP contribution >= 0.6 is 10.7 Å². The number of carbonyl (C=O) groups is 1. The molecule has 0 spiro atoms. The summed E-state index contributed by atoms with van der Waals surface area (Å²) < 4.78 is 22.9. The summed E-state index contributed by atoms with van der Waals surface area (Å²) >= 11 is 0. The molecule has 5 nitrogen and oxygen atoms in total. The van der Waals surface area contributed by atoms with E-state index in [0.717, 1.165) is 16.6 Å².